The summed E-state index contributed by atoms with van der Waals surface area (Å²) in [5.74, 6) is -1.48. The van der Waals surface area contributed by atoms with Gasteiger partial charge >= 0.3 is 5.97 Å². The van der Waals surface area contributed by atoms with Crippen LogP contribution in [0.4, 0.5) is 8.78 Å². The van der Waals surface area contributed by atoms with Gasteiger partial charge in [0.1, 0.15) is 11.6 Å². The van der Waals surface area contributed by atoms with Crippen LogP contribution in [0.2, 0.25) is 0 Å². The van der Waals surface area contributed by atoms with Crippen LogP contribution in [-0.4, -0.2) is 13.1 Å². The Bertz CT molecular complexity index is 350. The highest BCUT2D eigenvalue weighted by molar-refractivity contribution is 5.69. The van der Waals surface area contributed by atoms with Crippen LogP contribution in [0, 0.1) is 11.6 Å². The third-order valence-electron chi connectivity index (χ3n) is 2.07. The van der Waals surface area contributed by atoms with Gasteiger partial charge in [-0.25, -0.2) is 8.78 Å². The number of carbonyl (C=O) groups excluding carboxylic acids is 1. The number of ether oxygens (including phenoxy) is 1. The van der Waals surface area contributed by atoms with Crippen molar-refractivity contribution in [3.05, 3.63) is 35.4 Å². The first-order valence-corrected chi connectivity index (χ1v) is 4.64. The molecule has 0 bridgehead atoms. The molecule has 0 radical (unpaired) electrons. The molecule has 82 valence electrons. The maximum absolute atomic E-state index is 13.1. The number of benzene rings is 1. The molecule has 0 unspecified atom stereocenters. The van der Waals surface area contributed by atoms with E-state index in [1.807, 2.05) is 0 Å². The predicted octanol–water partition coefficient (Wildman–Crippen LogP) is 2.46. The molecule has 4 heteroatoms. The van der Waals surface area contributed by atoms with Crippen molar-refractivity contribution in [2.24, 2.45) is 0 Å². The van der Waals surface area contributed by atoms with Gasteiger partial charge in [0, 0.05) is 12.5 Å². The van der Waals surface area contributed by atoms with Crippen molar-refractivity contribution in [1.29, 1.82) is 0 Å². The Morgan fingerprint density at radius 3 is 2.73 bits per heavy atom. The summed E-state index contributed by atoms with van der Waals surface area (Å²) in [6, 6.07) is 3.44. The number of rotatable bonds is 4. The first kappa shape index (κ1) is 11.6. The number of halogens is 2. The summed E-state index contributed by atoms with van der Waals surface area (Å²) in [6.07, 6.45) is 1.14. The zero-order valence-electron chi connectivity index (χ0n) is 8.43. The van der Waals surface area contributed by atoms with Crippen LogP contribution in [0.25, 0.3) is 0 Å². The van der Waals surface area contributed by atoms with Crippen LogP contribution in [0.3, 0.4) is 0 Å². The Labute approximate surface area is 86.9 Å². The van der Waals surface area contributed by atoms with Gasteiger partial charge < -0.3 is 4.74 Å². The fraction of sp³-hybridized carbons (Fsp3) is 0.364. The monoisotopic (exact) mass is 214 g/mol. The van der Waals surface area contributed by atoms with Crippen molar-refractivity contribution in [2.75, 3.05) is 7.11 Å². The molecule has 2 nitrogen and oxygen atoms in total. The van der Waals surface area contributed by atoms with Gasteiger partial charge in [-0.2, -0.15) is 0 Å². The first-order chi connectivity index (χ1) is 7.13. The van der Waals surface area contributed by atoms with Gasteiger partial charge in [-0.05, 0) is 24.5 Å². The highest BCUT2D eigenvalue weighted by atomic mass is 19.1. The van der Waals surface area contributed by atoms with Gasteiger partial charge in [-0.15, -0.1) is 0 Å². The predicted molar refractivity (Wildman–Crippen MR) is 51.3 cm³/mol. The second-order valence-corrected chi connectivity index (χ2v) is 3.17. The fourth-order valence-corrected chi connectivity index (χ4v) is 1.25. The van der Waals surface area contributed by atoms with Crippen molar-refractivity contribution in [3.63, 3.8) is 0 Å². The molecule has 0 N–H and O–H groups in total. The van der Waals surface area contributed by atoms with Crippen LogP contribution >= 0.6 is 0 Å². The minimum absolute atomic E-state index is 0.243. The molecule has 1 rings (SSSR count). The Hall–Kier alpha value is -1.45. The summed E-state index contributed by atoms with van der Waals surface area (Å²) in [5.41, 5.74) is 0.417. The highest BCUT2D eigenvalue weighted by Gasteiger charge is 2.05. The zero-order valence-corrected chi connectivity index (χ0v) is 8.43. The lowest BCUT2D eigenvalue weighted by Crippen LogP contribution is -2.01. The Morgan fingerprint density at radius 2 is 2.13 bits per heavy atom. The quantitative estimate of drug-likeness (QED) is 0.719. The van der Waals surface area contributed by atoms with Gasteiger partial charge in [-0.3, -0.25) is 4.79 Å². The molecule has 1 aromatic rings. The first-order valence-electron chi connectivity index (χ1n) is 4.64. The minimum Gasteiger partial charge on any atom is -0.469 e. The van der Waals surface area contributed by atoms with E-state index in [1.54, 1.807) is 0 Å². The van der Waals surface area contributed by atoms with E-state index in [4.69, 9.17) is 0 Å². The number of esters is 1. The van der Waals surface area contributed by atoms with E-state index in [9.17, 15) is 13.6 Å². The molecular weight excluding hydrogens is 202 g/mol. The number of aryl methyl sites for hydroxylation is 1. The maximum atomic E-state index is 13.1. The molecular formula is C11H12F2O2. The van der Waals surface area contributed by atoms with Crippen LogP contribution < -0.4 is 0 Å². The smallest absolute Gasteiger partial charge is 0.305 e. The lowest BCUT2D eigenvalue weighted by atomic mass is 10.1. The van der Waals surface area contributed by atoms with Crippen molar-refractivity contribution in [3.8, 4) is 0 Å². The van der Waals surface area contributed by atoms with Crippen molar-refractivity contribution in [1.82, 2.24) is 0 Å². The van der Waals surface area contributed by atoms with Crippen molar-refractivity contribution in [2.45, 2.75) is 19.3 Å². The normalized spacial score (nSPS) is 10.1. The summed E-state index contributed by atoms with van der Waals surface area (Å²) >= 11 is 0. The standard InChI is InChI=1S/C11H12F2O2/c1-15-11(14)4-2-3-8-5-6-9(12)7-10(8)13/h5-7H,2-4H2,1H3. The molecule has 0 aliphatic rings. The molecule has 0 saturated carbocycles. The number of methoxy groups -OCH3 is 1. The largest absolute Gasteiger partial charge is 0.469 e. The molecule has 0 aliphatic heterocycles. The number of carbonyl (C=O) groups is 1. The molecule has 0 aromatic heterocycles. The van der Waals surface area contributed by atoms with Crippen LogP contribution in [0.15, 0.2) is 18.2 Å². The van der Waals surface area contributed by atoms with Crippen LogP contribution in [0.5, 0.6) is 0 Å². The summed E-state index contributed by atoms with van der Waals surface area (Å²) in [7, 11) is 1.31. The van der Waals surface area contributed by atoms with Crippen LogP contribution in [0.1, 0.15) is 18.4 Å². The van der Waals surface area contributed by atoms with E-state index in [-0.39, 0.29) is 12.4 Å². The van der Waals surface area contributed by atoms with Crippen LogP contribution in [-0.2, 0) is 16.0 Å². The fourth-order valence-electron chi connectivity index (χ4n) is 1.25. The van der Waals surface area contributed by atoms with Gasteiger partial charge in [0.15, 0.2) is 0 Å². The lowest BCUT2D eigenvalue weighted by molar-refractivity contribution is -0.140. The van der Waals surface area contributed by atoms with Gasteiger partial charge in [-0.1, -0.05) is 6.07 Å². The van der Waals surface area contributed by atoms with Gasteiger partial charge in [0.05, 0.1) is 7.11 Å². The SMILES string of the molecule is COC(=O)CCCc1ccc(F)cc1F. The zero-order chi connectivity index (χ0) is 11.3. The summed E-state index contributed by atoms with van der Waals surface area (Å²) in [6.45, 7) is 0. The highest BCUT2D eigenvalue weighted by Crippen LogP contribution is 2.12. The van der Waals surface area contributed by atoms with E-state index < -0.39 is 11.6 Å². The Balaban J connectivity index is 2.47. The Morgan fingerprint density at radius 1 is 1.40 bits per heavy atom. The number of hydrogen-bond donors (Lipinski definition) is 0. The molecule has 0 saturated heterocycles. The van der Waals surface area contributed by atoms with E-state index in [0.29, 0.717) is 18.4 Å². The van der Waals surface area contributed by atoms with Gasteiger partial charge in [0.2, 0.25) is 0 Å². The molecule has 0 atom stereocenters. The van der Waals surface area contributed by atoms with Crippen molar-refractivity contribution < 1.29 is 18.3 Å². The average molecular weight is 214 g/mol. The van der Waals surface area contributed by atoms with Gasteiger partial charge in [0.25, 0.3) is 0 Å². The second kappa shape index (κ2) is 5.44. The van der Waals surface area contributed by atoms with E-state index in [2.05, 4.69) is 4.74 Å². The summed E-state index contributed by atoms with van der Waals surface area (Å²) in [4.78, 5) is 10.8. The number of hydrogen-bond acceptors (Lipinski definition) is 2. The molecule has 0 fully saturated rings. The Kier molecular flexibility index (Phi) is 4.21. The maximum Gasteiger partial charge on any atom is 0.305 e. The minimum atomic E-state index is -0.593. The third kappa shape index (κ3) is 3.65. The average Bonchev–Trinajstić information content (AvgIpc) is 2.21. The topological polar surface area (TPSA) is 26.3 Å². The van der Waals surface area contributed by atoms with Crippen molar-refractivity contribution >= 4 is 5.97 Å². The van der Waals surface area contributed by atoms with E-state index >= 15 is 0 Å². The summed E-state index contributed by atoms with van der Waals surface area (Å²) in [5, 5.41) is 0. The molecule has 0 spiro atoms. The molecule has 0 heterocycles. The second-order valence-electron chi connectivity index (χ2n) is 3.17. The molecule has 1 aromatic carbocycles. The molecule has 0 aliphatic carbocycles. The lowest BCUT2D eigenvalue weighted by Gasteiger charge is -2.02. The van der Waals surface area contributed by atoms with E-state index in [1.165, 1.54) is 19.2 Å². The molecule has 0 amide bonds. The van der Waals surface area contributed by atoms with E-state index in [0.717, 1.165) is 6.07 Å². The third-order valence-corrected chi connectivity index (χ3v) is 2.07. The summed E-state index contributed by atoms with van der Waals surface area (Å²) < 4.78 is 30.1. The molecule has 15 heavy (non-hydrogen) atoms.